The van der Waals surface area contributed by atoms with Gasteiger partial charge < -0.3 is 14.4 Å². The summed E-state index contributed by atoms with van der Waals surface area (Å²) < 4.78 is 9.94. The first kappa shape index (κ1) is 12.0. The minimum Gasteiger partial charge on any atom is -0.459 e. The number of hydrogen-bond donors (Lipinski definition) is 0. The topological polar surface area (TPSA) is 55.8 Å². The molecule has 1 rings (SSSR count). The number of morpholine rings is 1. The van der Waals surface area contributed by atoms with Gasteiger partial charge in [0.15, 0.2) is 0 Å². The molecule has 0 aromatic heterocycles. The number of amides is 1. The molecule has 15 heavy (non-hydrogen) atoms. The molecule has 86 valence electrons. The van der Waals surface area contributed by atoms with E-state index in [0.29, 0.717) is 19.8 Å². The van der Waals surface area contributed by atoms with E-state index in [2.05, 4.69) is 4.74 Å². The van der Waals surface area contributed by atoms with E-state index in [1.165, 1.54) is 4.90 Å². The highest BCUT2D eigenvalue weighted by molar-refractivity contribution is 6.32. The molecule has 0 unspecified atom stereocenters. The molecule has 0 saturated carbocycles. The Labute approximate surface area is 89.3 Å². The lowest BCUT2D eigenvalue weighted by Gasteiger charge is -2.41. The number of hydrogen-bond acceptors (Lipinski definition) is 4. The van der Waals surface area contributed by atoms with Crippen LogP contribution in [0.1, 0.15) is 20.8 Å². The maximum absolute atomic E-state index is 11.7. The van der Waals surface area contributed by atoms with Crippen LogP contribution in [0.3, 0.4) is 0 Å². The van der Waals surface area contributed by atoms with Crippen molar-refractivity contribution >= 4 is 11.9 Å². The highest BCUT2D eigenvalue weighted by Crippen LogP contribution is 2.19. The van der Waals surface area contributed by atoms with E-state index in [-0.39, 0.29) is 6.61 Å². The third kappa shape index (κ3) is 2.68. The van der Waals surface area contributed by atoms with Crippen molar-refractivity contribution in [3.63, 3.8) is 0 Å². The molecule has 0 aromatic rings. The Bertz CT molecular complexity index is 262. The van der Waals surface area contributed by atoms with E-state index in [1.807, 2.05) is 13.8 Å². The zero-order valence-electron chi connectivity index (χ0n) is 9.41. The smallest absolute Gasteiger partial charge is 0.397 e. The normalized spacial score (nSPS) is 19.8. The molecule has 1 aliphatic rings. The zero-order chi connectivity index (χ0) is 11.5. The molecule has 0 N–H and O–H groups in total. The highest BCUT2D eigenvalue weighted by atomic mass is 16.5. The van der Waals surface area contributed by atoms with Crippen LogP contribution in [-0.4, -0.2) is 48.7 Å². The number of carbonyl (C=O) groups excluding carboxylic acids is 2. The van der Waals surface area contributed by atoms with Crippen LogP contribution in [0.15, 0.2) is 0 Å². The fourth-order valence-corrected chi connectivity index (χ4v) is 1.54. The fourth-order valence-electron chi connectivity index (χ4n) is 1.54. The summed E-state index contributed by atoms with van der Waals surface area (Å²) in [5.41, 5.74) is -0.442. The molecule has 1 heterocycles. The van der Waals surface area contributed by atoms with Crippen molar-refractivity contribution in [1.29, 1.82) is 0 Å². The minimum absolute atomic E-state index is 0.218. The van der Waals surface area contributed by atoms with E-state index < -0.39 is 17.4 Å². The first-order valence-electron chi connectivity index (χ1n) is 5.05. The van der Waals surface area contributed by atoms with E-state index in [1.54, 1.807) is 6.92 Å². The molecule has 1 fully saturated rings. The summed E-state index contributed by atoms with van der Waals surface area (Å²) in [6.45, 7) is 6.97. The largest absolute Gasteiger partial charge is 0.459 e. The van der Waals surface area contributed by atoms with Crippen molar-refractivity contribution in [2.75, 3.05) is 26.4 Å². The Morgan fingerprint density at radius 3 is 2.67 bits per heavy atom. The van der Waals surface area contributed by atoms with Crippen molar-refractivity contribution in [2.45, 2.75) is 26.3 Å². The average Bonchev–Trinajstić information content (AvgIpc) is 2.16. The lowest BCUT2D eigenvalue weighted by atomic mass is 10.0. The molecular weight excluding hydrogens is 198 g/mol. The quantitative estimate of drug-likeness (QED) is 0.463. The van der Waals surface area contributed by atoms with Crippen molar-refractivity contribution in [2.24, 2.45) is 0 Å². The van der Waals surface area contributed by atoms with Crippen molar-refractivity contribution in [3.8, 4) is 0 Å². The highest BCUT2D eigenvalue weighted by Gasteiger charge is 2.37. The molecule has 5 heteroatoms. The van der Waals surface area contributed by atoms with Gasteiger partial charge in [-0.2, -0.15) is 0 Å². The minimum atomic E-state index is -0.785. The van der Waals surface area contributed by atoms with Gasteiger partial charge in [-0.15, -0.1) is 0 Å². The molecule has 0 aliphatic carbocycles. The summed E-state index contributed by atoms with van der Waals surface area (Å²) in [6, 6.07) is 0. The molecule has 1 aliphatic heterocycles. The van der Waals surface area contributed by atoms with E-state index in [0.717, 1.165) is 0 Å². The molecule has 0 bridgehead atoms. The van der Waals surface area contributed by atoms with Crippen LogP contribution >= 0.6 is 0 Å². The zero-order valence-corrected chi connectivity index (χ0v) is 9.41. The van der Waals surface area contributed by atoms with Crippen LogP contribution in [-0.2, 0) is 19.1 Å². The van der Waals surface area contributed by atoms with Crippen molar-refractivity contribution in [3.05, 3.63) is 0 Å². The van der Waals surface area contributed by atoms with Gasteiger partial charge >= 0.3 is 11.9 Å². The van der Waals surface area contributed by atoms with Gasteiger partial charge in [-0.05, 0) is 20.8 Å². The van der Waals surface area contributed by atoms with Gasteiger partial charge in [-0.3, -0.25) is 4.79 Å². The summed E-state index contributed by atoms with van der Waals surface area (Å²) in [5, 5.41) is 0. The molecule has 1 amide bonds. The van der Waals surface area contributed by atoms with Crippen LogP contribution in [0.2, 0.25) is 0 Å². The molecule has 0 atom stereocenters. The van der Waals surface area contributed by atoms with Crippen molar-refractivity contribution in [1.82, 2.24) is 4.90 Å². The second-order valence-electron chi connectivity index (χ2n) is 4.04. The molecule has 5 nitrogen and oxygen atoms in total. The van der Waals surface area contributed by atoms with Crippen LogP contribution in [0.4, 0.5) is 0 Å². The predicted molar refractivity (Wildman–Crippen MR) is 53.2 cm³/mol. The Morgan fingerprint density at radius 2 is 2.13 bits per heavy atom. The van der Waals surface area contributed by atoms with Gasteiger partial charge in [0.05, 0.1) is 25.4 Å². The first-order chi connectivity index (χ1) is 6.99. The predicted octanol–water partition coefficient (Wildman–Crippen LogP) is 0.187. The second kappa shape index (κ2) is 4.61. The third-order valence-electron chi connectivity index (χ3n) is 2.34. The number of carbonyl (C=O) groups is 2. The number of esters is 1. The van der Waals surface area contributed by atoms with Crippen LogP contribution in [0, 0.1) is 0 Å². The second-order valence-corrected chi connectivity index (χ2v) is 4.04. The Kier molecular flexibility index (Phi) is 3.68. The summed E-state index contributed by atoms with van der Waals surface area (Å²) in [6.07, 6.45) is 0. The molecular formula is C10H17NO4. The van der Waals surface area contributed by atoms with Crippen LogP contribution in [0.25, 0.3) is 0 Å². The SMILES string of the molecule is CCOC(=O)C(=O)N1CCOCC1(C)C. The number of rotatable bonds is 1. The van der Waals surface area contributed by atoms with Crippen molar-refractivity contribution < 1.29 is 19.1 Å². The number of ether oxygens (including phenoxy) is 2. The lowest BCUT2D eigenvalue weighted by Crippen LogP contribution is -2.57. The van der Waals surface area contributed by atoms with E-state index in [9.17, 15) is 9.59 Å². The summed E-state index contributed by atoms with van der Waals surface area (Å²) in [7, 11) is 0. The van der Waals surface area contributed by atoms with Crippen LogP contribution < -0.4 is 0 Å². The Morgan fingerprint density at radius 1 is 1.47 bits per heavy atom. The monoisotopic (exact) mass is 215 g/mol. The van der Waals surface area contributed by atoms with Crippen LogP contribution in [0.5, 0.6) is 0 Å². The molecule has 0 radical (unpaired) electrons. The fraction of sp³-hybridized carbons (Fsp3) is 0.800. The lowest BCUT2D eigenvalue weighted by molar-refractivity contribution is -0.167. The van der Waals surface area contributed by atoms with Gasteiger partial charge in [-0.25, -0.2) is 4.79 Å². The Hall–Kier alpha value is -1.10. The first-order valence-corrected chi connectivity index (χ1v) is 5.05. The summed E-state index contributed by atoms with van der Waals surface area (Å²) in [5.74, 6) is -1.36. The molecule has 0 spiro atoms. The standard InChI is InChI=1S/C10H17NO4/c1-4-15-9(13)8(12)11-5-6-14-7-10(11,2)3/h4-7H2,1-3H3. The van der Waals surface area contributed by atoms with Gasteiger partial charge in [0.1, 0.15) is 0 Å². The Balaban J connectivity index is 2.68. The van der Waals surface area contributed by atoms with Gasteiger partial charge in [0.2, 0.25) is 0 Å². The van der Waals surface area contributed by atoms with E-state index in [4.69, 9.17) is 4.74 Å². The third-order valence-corrected chi connectivity index (χ3v) is 2.34. The summed E-state index contributed by atoms with van der Waals surface area (Å²) >= 11 is 0. The van der Waals surface area contributed by atoms with Gasteiger partial charge in [-0.1, -0.05) is 0 Å². The summed E-state index contributed by atoms with van der Waals surface area (Å²) in [4.78, 5) is 24.5. The van der Waals surface area contributed by atoms with E-state index >= 15 is 0 Å². The maximum Gasteiger partial charge on any atom is 0.397 e. The van der Waals surface area contributed by atoms with Gasteiger partial charge in [0.25, 0.3) is 0 Å². The number of nitrogens with zero attached hydrogens (tertiary/aromatic N) is 1. The van der Waals surface area contributed by atoms with Gasteiger partial charge in [0, 0.05) is 6.54 Å². The molecule has 0 aromatic carbocycles. The molecule has 1 saturated heterocycles. The maximum atomic E-state index is 11.7. The average molecular weight is 215 g/mol.